The number of hydrogen-bond donors (Lipinski definition) is 1. The van der Waals surface area contributed by atoms with Gasteiger partial charge < -0.3 is 10.1 Å². The lowest BCUT2D eigenvalue weighted by Gasteiger charge is -2.23. The fraction of sp³-hybridized carbons (Fsp3) is 0.727. The fourth-order valence-corrected chi connectivity index (χ4v) is 1.48. The molecule has 0 spiro atoms. The Morgan fingerprint density at radius 1 is 1.57 bits per heavy atom. The Morgan fingerprint density at radius 2 is 2.36 bits per heavy atom. The highest BCUT2D eigenvalue weighted by atomic mass is 16.5. The van der Waals surface area contributed by atoms with E-state index in [1.54, 1.807) is 0 Å². The second-order valence-corrected chi connectivity index (χ2v) is 3.93. The van der Waals surface area contributed by atoms with Crippen LogP contribution in [0.15, 0.2) is 12.2 Å². The van der Waals surface area contributed by atoms with Gasteiger partial charge in [-0.1, -0.05) is 5.57 Å². The number of ether oxygens (including phenoxy) is 1. The number of rotatable bonds is 5. The Labute approximate surface area is 85.5 Å². The number of carbonyl (C=O) groups excluding carboxylic acids is 1. The van der Waals surface area contributed by atoms with Gasteiger partial charge in [-0.25, -0.2) is 0 Å². The zero-order valence-corrected chi connectivity index (χ0v) is 8.84. The second-order valence-electron chi connectivity index (χ2n) is 3.93. The summed E-state index contributed by atoms with van der Waals surface area (Å²) < 4.78 is 5.28. The van der Waals surface area contributed by atoms with Gasteiger partial charge in [0.25, 0.3) is 0 Å². The zero-order valence-electron chi connectivity index (χ0n) is 8.84. The molecule has 0 aliphatic carbocycles. The predicted molar refractivity (Wildman–Crippen MR) is 56.3 cm³/mol. The van der Waals surface area contributed by atoms with E-state index in [1.807, 2.05) is 6.92 Å². The first-order valence-corrected chi connectivity index (χ1v) is 5.15. The van der Waals surface area contributed by atoms with Gasteiger partial charge in [0.05, 0.1) is 13.2 Å². The molecule has 3 heteroatoms. The van der Waals surface area contributed by atoms with Crippen LogP contribution in [0.3, 0.4) is 0 Å². The van der Waals surface area contributed by atoms with Gasteiger partial charge in [0.1, 0.15) is 5.78 Å². The third kappa shape index (κ3) is 4.53. The fourth-order valence-electron chi connectivity index (χ4n) is 1.48. The molecule has 1 aliphatic heterocycles. The van der Waals surface area contributed by atoms with Crippen molar-refractivity contribution in [2.45, 2.75) is 32.2 Å². The number of morpholine rings is 1. The topological polar surface area (TPSA) is 38.3 Å². The van der Waals surface area contributed by atoms with Gasteiger partial charge in [-0.2, -0.15) is 0 Å². The van der Waals surface area contributed by atoms with E-state index < -0.39 is 0 Å². The maximum absolute atomic E-state index is 11.5. The summed E-state index contributed by atoms with van der Waals surface area (Å²) in [6, 6.07) is 0.223. The van der Waals surface area contributed by atoms with Gasteiger partial charge >= 0.3 is 0 Å². The van der Waals surface area contributed by atoms with Crippen LogP contribution in [0, 0.1) is 0 Å². The Morgan fingerprint density at radius 3 is 2.93 bits per heavy atom. The van der Waals surface area contributed by atoms with Gasteiger partial charge in [0, 0.05) is 25.4 Å². The quantitative estimate of drug-likeness (QED) is 0.675. The Bertz CT molecular complexity index is 207. The van der Waals surface area contributed by atoms with E-state index in [-0.39, 0.29) is 6.04 Å². The van der Waals surface area contributed by atoms with Crippen molar-refractivity contribution < 1.29 is 9.53 Å². The molecule has 0 aromatic rings. The minimum absolute atomic E-state index is 0.223. The number of Topliss-reactive ketones (excluding diaryl/α,β-unsaturated/α-hetero) is 1. The monoisotopic (exact) mass is 197 g/mol. The summed E-state index contributed by atoms with van der Waals surface area (Å²) in [6.45, 7) is 8.02. The molecule has 0 saturated carbocycles. The maximum Gasteiger partial charge on any atom is 0.134 e. The van der Waals surface area contributed by atoms with Crippen LogP contribution in [0.5, 0.6) is 0 Å². The van der Waals surface area contributed by atoms with Gasteiger partial charge in [-0.05, 0) is 13.3 Å². The average Bonchev–Trinajstić information content (AvgIpc) is 2.16. The molecule has 0 aromatic heterocycles. The Balaban J connectivity index is 2.15. The van der Waals surface area contributed by atoms with E-state index in [2.05, 4.69) is 11.9 Å². The summed E-state index contributed by atoms with van der Waals surface area (Å²) in [4.78, 5) is 11.5. The molecule has 0 radical (unpaired) electrons. The number of hydrogen-bond acceptors (Lipinski definition) is 3. The maximum atomic E-state index is 11.5. The molecule has 3 nitrogen and oxygen atoms in total. The van der Waals surface area contributed by atoms with E-state index >= 15 is 0 Å². The molecule has 80 valence electrons. The molecule has 1 atom stereocenters. The molecule has 1 aliphatic rings. The van der Waals surface area contributed by atoms with Crippen molar-refractivity contribution >= 4 is 5.78 Å². The molecule has 1 unspecified atom stereocenters. The van der Waals surface area contributed by atoms with Crippen LogP contribution in [0.1, 0.15) is 26.2 Å². The van der Waals surface area contributed by atoms with Crippen LogP contribution >= 0.6 is 0 Å². The first-order valence-electron chi connectivity index (χ1n) is 5.15. The standard InChI is InChI=1S/C11H19NO2/c1-9(2)3-4-11(13)7-10-8-14-6-5-12-10/h10,12H,1,3-8H2,2H3. The van der Waals surface area contributed by atoms with E-state index in [4.69, 9.17) is 4.74 Å². The van der Waals surface area contributed by atoms with Crippen LogP contribution in [0.25, 0.3) is 0 Å². The van der Waals surface area contributed by atoms with Gasteiger partial charge in [-0.15, -0.1) is 6.58 Å². The summed E-state index contributed by atoms with van der Waals surface area (Å²) in [5.41, 5.74) is 1.08. The lowest BCUT2D eigenvalue weighted by Crippen LogP contribution is -2.42. The first-order chi connectivity index (χ1) is 6.68. The van der Waals surface area contributed by atoms with Crippen LogP contribution in [-0.4, -0.2) is 31.6 Å². The van der Waals surface area contributed by atoms with Crippen molar-refractivity contribution in [2.75, 3.05) is 19.8 Å². The van der Waals surface area contributed by atoms with E-state index in [0.717, 1.165) is 25.1 Å². The van der Waals surface area contributed by atoms with Crippen molar-refractivity contribution in [3.8, 4) is 0 Å². The number of carbonyl (C=O) groups is 1. The average molecular weight is 197 g/mol. The van der Waals surface area contributed by atoms with E-state index in [9.17, 15) is 4.79 Å². The zero-order chi connectivity index (χ0) is 10.4. The SMILES string of the molecule is C=C(C)CCC(=O)CC1COCCN1. The third-order valence-corrected chi connectivity index (χ3v) is 2.30. The van der Waals surface area contributed by atoms with Crippen molar-refractivity contribution in [3.05, 3.63) is 12.2 Å². The summed E-state index contributed by atoms with van der Waals surface area (Å²) in [7, 11) is 0. The summed E-state index contributed by atoms with van der Waals surface area (Å²) in [5.74, 6) is 0.302. The van der Waals surface area contributed by atoms with E-state index in [1.165, 1.54) is 0 Å². The lowest BCUT2D eigenvalue weighted by atomic mass is 10.0. The summed E-state index contributed by atoms with van der Waals surface area (Å²) in [6.07, 6.45) is 2.02. The minimum atomic E-state index is 0.223. The van der Waals surface area contributed by atoms with Crippen molar-refractivity contribution in [1.82, 2.24) is 5.32 Å². The van der Waals surface area contributed by atoms with E-state index in [0.29, 0.717) is 25.2 Å². The Hall–Kier alpha value is -0.670. The van der Waals surface area contributed by atoms with Gasteiger partial charge in [0.15, 0.2) is 0 Å². The van der Waals surface area contributed by atoms with Crippen molar-refractivity contribution in [1.29, 1.82) is 0 Å². The molecule has 0 amide bonds. The van der Waals surface area contributed by atoms with Crippen molar-refractivity contribution in [2.24, 2.45) is 0 Å². The highest BCUT2D eigenvalue weighted by Gasteiger charge is 2.16. The van der Waals surface area contributed by atoms with Crippen LogP contribution < -0.4 is 5.32 Å². The molecule has 0 bridgehead atoms. The summed E-state index contributed by atoms with van der Waals surface area (Å²) >= 11 is 0. The largest absolute Gasteiger partial charge is 0.379 e. The third-order valence-electron chi connectivity index (χ3n) is 2.30. The van der Waals surface area contributed by atoms with Crippen LogP contribution in [0.4, 0.5) is 0 Å². The molecule has 1 fully saturated rings. The van der Waals surface area contributed by atoms with Crippen molar-refractivity contribution in [3.63, 3.8) is 0 Å². The molecule has 1 N–H and O–H groups in total. The first kappa shape index (κ1) is 11.4. The predicted octanol–water partition coefficient (Wildman–Crippen LogP) is 1.29. The normalized spacial score (nSPS) is 21.9. The smallest absolute Gasteiger partial charge is 0.134 e. The molecule has 0 aromatic carbocycles. The molecule has 14 heavy (non-hydrogen) atoms. The second kappa shape index (κ2) is 5.94. The number of allylic oxidation sites excluding steroid dienone is 1. The molecule has 1 saturated heterocycles. The number of ketones is 1. The summed E-state index contributed by atoms with van der Waals surface area (Å²) in [5, 5.41) is 3.27. The van der Waals surface area contributed by atoms with Crippen LogP contribution in [-0.2, 0) is 9.53 Å². The van der Waals surface area contributed by atoms with Crippen LogP contribution in [0.2, 0.25) is 0 Å². The molecule has 1 heterocycles. The van der Waals surface area contributed by atoms with Gasteiger partial charge in [0.2, 0.25) is 0 Å². The Kier molecular flexibility index (Phi) is 4.84. The highest BCUT2D eigenvalue weighted by molar-refractivity contribution is 5.79. The number of nitrogens with one attached hydrogen (secondary N) is 1. The lowest BCUT2D eigenvalue weighted by molar-refractivity contribution is -0.120. The molecule has 1 rings (SSSR count). The highest BCUT2D eigenvalue weighted by Crippen LogP contribution is 2.06. The minimum Gasteiger partial charge on any atom is -0.379 e. The molecular weight excluding hydrogens is 178 g/mol. The molecular formula is C11H19NO2. The van der Waals surface area contributed by atoms with Gasteiger partial charge in [-0.3, -0.25) is 4.79 Å².